The van der Waals surface area contributed by atoms with Crippen LogP contribution in [0.15, 0.2) is 48.5 Å². The summed E-state index contributed by atoms with van der Waals surface area (Å²) in [4.78, 5) is 20.1. The molecular formula is C19H23N3O2. The van der Waals surface area contributed by atoms with Crippen LogP contribution in [0.5, 0.6) is 0 Å². The minimum atomic E-state index is -0.981. The molecule has 1 aliphatic rings. The van der Waals surface area contributed by atoms with Gasteiger partial charge in [-0.25, -0.2) is 9.78 Å². The highest BCUT2D eigenvalue weighted by atomic mass is 16.4. The Balaban J connectivity index is 1.70. The summed E-state index contributed by atoms with van der Waals surface area (Å²) < 4.78 is 0. The number of aromatic nitrogens is 1. The number of rotatable bonds is 4. The van der Waals surface area contributed by atoms with Gasteiger partial charge in [0, 0.05) is 32.2 Å². The van der Waals surface area contributed by atoms with Crippen LogP contribution >= 0.6 is 0 Å². The number of pyridine rings is 1. The third-order valence-electron chi connectivity index (χ3n) is 4.60. The van der Waals surface area contributed by atoms with Crippen LogP contribution < -0.4 is 4.90 Å². The first kappa shape index (κ1) is 16.5. The molecule has 0 saturated carbocycles. The zero-order valence-corrected chi connectivity index (χ0v) is 13.9. The van der Waals surface area contributed by atoms with Gasteiger partial charge in [-0.3, -0.25) is 4.90 Å². The molecule has 1 fully saturated rings. The van der Waals surface area contributed by atoms with Gasteiger partial charge in [-0.1, -0.05) is 36.4 Å². The normalized spacial score (nSPS) is 19.0. The molecule has 5 heteroatoms. The molecule has 1 aliphatic heterocycles. The van der Waals surface area contributed by atoms with Crippen molar-refractivity contribution in [2.24, 2.45) is 0 Å². The minimum Gasteiger partial charge on any atom is -0.477 e. The van der Waals surface area contributed by atoms with E-state index in [1.807, 2.05) is 12.1 Å². The number of hydrogen-bond donors (Lipinski definition) is 1. The molecule has 1 atom stereocenters. The van der Waals surface area contributed by atoms with Gasteiger partial charge in [-0.2, -0.15) is 0 Å². The van der Waals surface area contributed by atoms with Crippen molar-refractivity contribution in [3.63, 3.8) is 0 Å². The number of benzene rings is 1. The molecule has 2 heterocycles. The standard InChI is InChI=1S/C19H23N3O2/c1-15-10-11-21(18-9-5-8-17(20-18)19(23)24)12-13-22(15)14-16-6-3-2-4-7-16/h2-9,15H,10-14H2,1H3,(H,23,24). The first-order valence-corrected chi connectivity index (χ1v) is 8.37. The number of carboxylic acids is 1. The lowest BCUT2D eigenvalue weighted by Crippen LogP contribution is -2.34. The second-order valence-electron chi connectivity index (χ2n) is 6.27. The quantitative estimate of drug-likeness (QED) is 0.937. The molecule has 1 saturated heterocycles. The van der Waals surface area contributed by atoms with Crippen LogP contribution in [0.2, 0.25) is 0 Å². The van der Waals surface area contributed by atoms with Gasteiger partial charge in [0.2, 0.25) is 0 Å². The Hall–Kier alpha value is -2.40. The maximum Gasteiger partial charge on any atom is 0.354 e. The van der Waals surface area contributed by atoms with E-state index in [4.69, 9.17) is 5.11 Å². The summed E-state index contributed by atoms with van der Waals surface area (Å²) in [7, 11) is 0. The molecule has 1 N–H and O–H groups in total. The van der Waals surface area contributed by atoms with E-state index in [0.29, 0.717) is 6.04 Å². The van der Waals surface area contributed by atoms with Gasteiger partial charge >= 0.3 is 5.97 Å². The summed E-state index contributed by atoms with van der Waals surface area (Å²) in [5.41, 5.74) is 1.43. The van der Waals surface area contributed by atoms with Gasteiger partial charge in [0.05, 0.1) is 0 Å². The molecule has 0 radical (unpaired) electrons. The Labute approximate surface area is 142 Å². The third-order valence-corrected chi connectivity index (χ3v) is 4.60. The molecule has 0 aliphatic carbocycles. The van der Waals surface area contributed by atoms with Crippen molar-refractivity contribution in [1.29, 1.82) is 0 Å². The van der Waals surface area contributed by atoms with Crippen molar-refractivity contribution in [1.82, 2.24) is 9.88 Å². The Morgan fingerprint density at radius 3 is 2.67 bits per heavy atom. The average molecular weight is 325 g/mol. The second-order valence-corrected chi connectivity index (χ2v) is 6.27. The van der Waals surface area contributed by atoms with E-state index < -0.39 is 5.97 Å². The van der Waals surface area contributed by atoms with Gasteiger partial charge in [0.15, 0.2) is 5.69 Å². The van der Waals surface area contributed by atoms with Crippen LogP contribution in [-0.2, 0) is 6.54 Å². The predicted octanol–water partition coefficient (Wildman–Crippen LogP) is 2.88. The zero-order valence-electron chi connectivity index (χ0n) is 13.9. The Morgan fingerprint density at radius 1 is 1.12 bits per heavy atom. The number of aromatic carboxylic acids is 1. The summed E-state index contributed by atoms with van der Waals surface area (Å²) in [6, 6.07) is 16.2. The fourth-order valence-electron chi connectivity index (χ4n) is 3.11. The number of anilines is 1. The molecule has 5 nitrogen and oxygen atoms in total. The average Bonchev–Trinajstić information content (AvgIpc) is 2.78. The Kier molecular flexibility index (Phi) is 5.11. The van der Waals surface area contributed by atoms with Crippen LogP contribution in [0, 0.1) is 0 Å². The van der Waals surface area contributed by atoms with Crippen molar-refractivity contribution in [2.45, 2.75) is 25.9 Å². The van der Waals surface area contributed by atoms with Crippen molar-refractivity contribution in [3.8, 4) is 0 Å². The largest absolute Gasteiger partial charge is 0.477 e. The third kappa shape index (κ3) is 3.92. The molecule has 1 aromatic carbocycles. The van der Waals surface area contributed by atoms with Crippen molar-refractivity contribution >= 4 is 11.8 Å². The van der Waals surface area contributed by atoms with Crippen LogP contribution in [0.25, 0.3) is 0 Å². The van der Waals surface area contributed by atoms with Gasteiger partial charge < -0.3 is 10.0 Å². The summed E-state index contributed by atoms with van der Waals surface area (Å²) >= 11 is 0. The van der Waals surface area contributed by atoms with E-state index >= 15 is 0 Å². The lowest BCUT2D eigenvalue weighted by Gasteiger charge is -2.26. The van der Waals surface area contributed by atoms with Crippen LogP contribution in [0.1, 0.15) is 29.4 Å². The highest BCUT2D eigenvalue weighted by Crippen LogP contribution is 2.19. The fraction of sp³-hybridized carbons (Fsp3) is 0.368. The number of carboxylic acid groups (broad SMARTS) is 1. The SMILES string of the molecule is CC1CCN(c2cccc(C(=O)O)n2)CCN1Cc1ccccc1. The topological polar surface area (TPSA) is 56.7 Å². The highest BCUT2D eigenvalue weighted by molar-refractivity contribution is 5.85. The van der Waals surface area contributed by atoms with E-state index in [0.717, 1.165) is 38.4 Å². The maximum absolute atomic E-state index is 11.1. The van der Waals surface area contributed by atoms with E-state index in [9.17, 15) is 4.79 Å². The second kappa shape index (κ2) is 7.45. The predicted molar refractivity (Wildman–Crippen MR) is 94.3 cm³/mol. The smallest absolute Gasteiger partial charge is 0.354 e. The van der Waals surface area contributed by atoms with E-state index in [2.05, 4.69) is 46.0 Å². The van der Waals surface area contributed by atoms with E-state index in [-0.39, 0.29) is 5.69 Å². The Bertz CT molecular complexity index is 690. The van der Waals surface area contributed by atoms with Crippen LogP contribution in [0.3, 0.4) is 0 Å². The maximum atomic E-state index is 11.1. The number of carbonyl (C=O) groups is 1. The first-order valence-electron chi connectivity index (χ1n) is 8.37. The van der Waals surface area contributed by atoms with Gasteiger partial charge in [0.1, 0.15) is 5.82 Å². The number of nitrogens with zero attached hydrogens (tertiary/aromatic N) is 3. The van der Waals surface area contributed by atoms with Crippen molar-refractivity contribution < 1.29 is 9.90 Å². The molecule has 2 aromatic rings. The molecule has 1 aromatic heterocycles. The van der Waals surface area contributed by atoms with Crippen LogP contribution in [-0.4, -0.2) is 46.6 Å². The lowest BCUT2D eigenvalue weighted by atomic mass is 10.1. The molecule has 1 unspecified atom stereocenters. The monoisotopic (exact) mass is 325 g/mol. The van der Waals surface area contributed by atoms with Gasteiger partial charge in [-0.15, -0.1) is 0 Å². The molecule has 0 spiro atoms. The molecule has 0 bridgehead atoms. The summed E-state index contributed by atoms with van der Waals surface area (Å²) in [6.07, 6.45) is 1.03. The van der Waals surface area contributed by atoms with Crippen molar-refractivity contribution in [3.05, 3.63) is 59.8 Å². The van der Waals surface area contributed by atoms with Crippen molar-refractivity contribution in [2.75, 3.05) is 24.5 Å². The fourth-order valence-corrected chi connectivity index (χ4v) is 3.11. The molecule has 126 valence electrons. The summed E-state index contributed by atoms with van der Waals surface area (Å²) in [5, 5.41) is 9.12. The molecule has 24 heavy (non-hydrogen) atoms. The minimum absolute atomic E-state index is 0.103. The molecule has 3 rings (SSSR count). The summed E-state index contributed by atoms with van der Waals surface area (Å²) in [6.45, 7) is 5.89. The van der Waals surface area contributed by atoms with Gasteiger partial charge in [0.25, 0.3) is 0 Å². The first-order chi connectivity index (χ1) is 11.6. The molecule has 0 amide bonds. The lowest BCUT2D eigenvalue weighted by molar-refractivity contribution is 0.0690. The number of hydrogen-bond acceptors (Lipinski definition) is 4. The van der Waals surface area contributed by atoms with E-state index in [1.165, 1.54) is 11.6 Å². The van der Waals surface area contributed by atoms with Crippen LogP contribution in [0.4, 0.5) is 5.82 Å². The highest BCUT2D eigenvalue weighted by Gasteiger charge is 2.22. The van der Waals surface area contributed by atoms with Gasteiger partial charge in [-0.05, 0) is 31.0 Å². The zero-order chi connectivity index (χ0) is 16.9. The van der Waals surface area contributed by atoms with E-state index in [1.54, 1.807) is 6.07 Å². The Morgan fingerprint density at radius 2 is 1.92 bits per heavy atom. The molecular weight excluding hydrogens is 302 g/mol. The summed E-state index contributed by atoms with van der Waals surface area (Å²) in [5.74, 6) is -0.227.